The van der Waals surface area contributed by atoms with Crippen molar-refractivity contribution in [3.63, 3.8) is 0 Å². The van der Waals surface area contributed by atoms with Gasteiger partial charge in [0.25, 0.3) is 0 Å². The highest BCUT2D eigenvalue weighted by atomic mass is 79.9. The quantitative estimate of drug-likeness (QED) is 0.619. The largest absolute Gasteiger partial charge is 0.359 e. The fourth-order valence-corrected chi connectivity index (χ4v) is 5.60. The van der Waals surface area contributed by atoms with Crippen LogP contribution in [-0.4, -0.2) is 34.8 Å². The second-order valence-electron chi connectivity index (χ2n) is 7.55. The van der Waals surface area contributed by atoms with E-state index in [1.54, 1.807) is 7.11 Å². The molecule has 5 rings (SSSR count). The van der Waals surface area contributed by atoms with Crippen molar-refractivity contribution in [1.82, 2.24) is 14.8 Å². The highest BCUT2D eigenvalue weighted by Gasteiger charge is 2.53. The van der Waals surface area contributed by atoms with E-state index in [0.29, 0.717) is 18.8 Å². The number of hydrogen-bond acceptors (Lipinski definition) is 5. The Hall–Kier alpha value is -0.760. The number of hydrogen-bond donors (Lipinski definition) is 0. The fraction of sp³-hybridized carbons (Fsp3) is 0.667. The number of aromatic nitrogens is 3. The number of methoxy groups -OCH3 is 1. The van der Waals surface area contributed by atoms with Crippen LogP contribution in [0.15, 0.2) is 15.9 Å². The van der Waals surface area contributed by atoms with Crippen molar-refractivity contribution >= 4 is 27.3 Å². The van der Waals surface area contributed by atoms with Crippen molar-refractivity contribution in [2.24, 2.45) is 0 Å². The summed E-state index contributed by atoms with van der Waals surface area (Å²) in [7, 11) is 1.67. The molecule has 0 saturated heterocycles. The van der Waals surface area contributed by atoms with Crippen LogP contribution in [0.5, 0.6) is 0 Å². The molecule has 0 aliphatic heterocycles. The molecule has 0 bridgehead atoms. The van der Waals surface area contributed by atoms with Gasteiger partial charge in [-0.3, -0.25) is 0 Å². The standard InChI is InChI=1S/C18H22BrN3O2S/c1-23-10-24-13-8-18(9-13,14-6-7-15(19)25-14)17-21-20-16(11-2-3-11)22(17)12-4-5-12/h6-7,11-13H,2-5,8-10H2,1H3. The zero-order valence-corrected chi connectivity index (χ0v) is 16.7. The predicted molar refractivity (Wildman–Crippen MR) is 99.1 cm³/mol. The SMILES string of the molecule is COCOC1CC(c2ccc(Br)s2)(c2nnc(C3CC3)n2C2CC2)C1. The zero-order valence-electron chi connectivity index (χ0n) is 14.3. The molecule has 0 N–H and O–H groups in total. The van der Waals surface area contributed by atoms with Crippen LogP contribution >= 0.6 is 27.3 Å². The van der Waals surface area contributed by atoms with Crippen molar-refractivity contribution in [2.45, 2.75) is 62.0 Å². The maximum absolute atomic E-state index is 5.83. The normalized spacial score (nSPS) is 29.0. The Balaban J connectivity index is 1.53. The lowest BCUT2D eigenvalue weighted by Gasteiger charge is -2.46. The summed E-state index contributed by atoms with van der Waals surface area (Å²) < 4.78 is 14.6. The predicted octanol–water partition coefficient (Wildman–Crippen LogP) is 4.38. The van der Waals surface area contributed by atoms with Crippen molar-refractivity contribution < 1.29 is 9.47 Å². The summed E-state index contributed by atoms with van der Waals surface area (Å²) in [6.07, 6.45) is 7.20. The van der Waals surface area contributed by atoms with Crippen LogP contribution in [0.2, 0.25) is 0 Å². The van der Waals surface area contributed by atoms with E-state index in [1.165, 1.54) is 46.0 Å². The molecule has 0 unspecified atom stereocenters. The van der Waals surface area contributed by atoms with Gasteiger partial charge in [-0.05, 0) is 66.6 Å². The van der Waals surface area contributed by atoms with Crippen molar-refractivity contribution in [3.8, 4) is 0 Å². The lowest BCUT2D eigenvalue weighted by Crippen LogP contribution is -2.48. The lowest BCUT2D eigenvalue weighted by atomic mass is 9.65. The zero-order chi connectivity index (χ0) is 17.0. The first-order valence-corrected chi connectivity index (χ1v) is 10.6. The molecule has 0 aromatic carbocycles. The van der Waals surface area contributed by atoms with Crippen LogP contribution in [0.4, 0.5) is 0 Å². The minimum atomic E-state index is -0.0577. The highest BCUT2D eigenvalue weighted by Crippen LogP contribution is 2.55. The summed E-state index contributed by atoms with van der Waals surface area (Å²) in [5.41, 5.74) is -0.0577. The van der Waals surface area contributed by atoms with Crippen LogP contribution in [0.1, 0.15) is 67.0 Å². The molecule has 5 nitrogen and oxygen atoms in total. The Morgan fingerprint density at radius 3 is 2.64 bits per heavy atom. The van der Waals surface area contributed by atoms with E-state index in [4.69, 9.17) is 14.6 Å². The van der Waals surface area contributed by atoms with E-state index in [1.807, 2.05) is 11.3 Å². The van der Waals surface area contributed by atoms with Crippen molar-refractivity contribution in [1.29, 1.82) is 0 Å². The monoisotopic (exact) mass is 423 g/mol. The van der Waals surface area contributed by atoms with Gasteiger partial charge in [0.15, 0.2) is 0 Å². The first-order chi connectivity index (χ1) is 12.2. The fourth-order valence-electron chi connectivity index (χ4n) is 4.01. The minimum Gasteiger partial charge on any atom is -0.359 e. The van der Waals surface area contributed by atoms with Gasteiger partial charge in [-0.1, -0.05) is 0 Å². The number of thiophene rings is 1. The third-order valence-electron chi connectivity index (χ3n) is 5.62. The molecular formula is C18H22BrN3O2S. The molecule has 3 fully saturated rings. The Bertz CT molecular complexity index is 775. The smallest absolute Gasteiger partial charge is 0.146 e. The minimum absolute atomic E-state index is 0.0577. The van der Waals surface area contributed by atoms with Crippen LogP contribution in [-0.2, 0) is 14.9 Å². The number of halogens is 1. The van der Waals surface area contributed by atoms with E-state index in [0.717, 1.165) is 12.8 Å². The number of nitrogens with zero attached hydrogens (tertiary/aromatic N) is 3. The summed E-state index contributed by atoms with van der Waals surface area (Å²) in [5, 5.41) is 9.40. The average Bonchev–Trinajstić information content (AvgIpc) is 3.50. The van der Waals surface area contributed by atoms with Crippen molar-refractivity contribution in [3.05, 3.63) is 32.4 Å². The highest BCUT2D eigenvalue weighted by molar-refractivity contribution is 9.11. The first-order valence-electron chi connectivity index (χ1n) is 9.03. The summed E-state index contributed by atoms with van der Waals surface area (Å²) >= 11 is 5.44. The Morgan fingerprint density at radius 1 is 1.24 bits per heavy atom. The maximum Gasteiger partial charge on any atom is 0.146 e. The molecule has 0 radical (unpaired) electrons. The van der Waals surface area contributed by atoms with Gasteiger partial charge in [-0.15, -0.1) is 21.5 Å². The van der Waals surface area contributed by atoms with Gasteiger partial charge < -0.3 is 14.0 Å². The molecule has 2 heterocycles. The van der Waals surface area contributed by atoms with Gasteiger partial charge in [0, 0.05) is 23.9 Å². The summed E-state index contributed by atoms with van der Waals surface area (Å²) in [5.74, 6) is 3.03. The molecule has 0 atom stereocenters. The summed E-state index contributed by atoms with van der Waals surface area (Å²) in [6, 6.07) is 4.99. The van der Waals surface area contributed by atoms with Gasteiger partial charge in [0.05, 0.1) is 15.3 Å². The second kappa shape index (κ2) is 6.15. The first kappa shape index (κ1) is 16.4. The van der Waals surface area contributed by atoms with Crippen LogP contribution < -0.4 is 0 Å². The van der Waals surface area contributed by atoms with E-state index in [-0.39, 0.29) is 11.5 Å². The molecule has 3 aliphatic carbocycles. The van der Waals surface area contributed by atoms with Gasteiger partial charge in [-0.2, -0.15) is 0 Å². The molecule has 3 saturated carbocycles. The molecule has 2 aromatic heterocycles. The molecular weight excluding hydrogens is 402 g/mol. The Labute approximate surface area is 159 Å². The van der Waals surface area contributed by atoms with Gasteiger partial charge in [0.2, 0.25) is 0 Å². The van der Waals surface area contributed by atoms with Gasteiger partial charge in [-0.25, -0.2) is 0 Å². The molecule has 3 aliphatic rings. The molecule has 25 heavy (non-hydrogen) atoms. The van der Waals surface area contributed by atoms with E-state index < -0.39 is 0 Å². The maximum atomic E-state index is 5.83. The Morgan fingerprint density at radius 2 is 2.04 bits per heavy atom. The van der Waals surface area contributed by atoms with Crippen LogP contribution in [0.25, 0.3) is 0 Å². The number of ether oxygens (including phenoxy) is 2. The topological polar surface area (TPSA) is 49.2 Å². The van der Waals surface area contributed by atoms with Gasteiger partial charge in [0.1, 0.15) is 18.4 Å². The molecule has 0 spiro atoms. The molecule has 2 aromatic rings. The Kier molecular flexibility index (Phi) is 4.04. The molecule has 134 valence electrons. The van der Waals surface area contributed by atoms with Gasteiger partial charge >= 0.3 is 0 Å². The second-order valence-corrected chi connectivity index (χ2v) is 10.0. The molecule has 0 amide bonds. The third kappa shape index (κ3) is 2.80. The number of rotatable bonds is 7. The van der Waals surface area contributed by atoms with Crippen molar-refractivity contribution in [2.75, 3.05) is 13.9 Å². The van der Waals surface area contributed by atoms with Crippen LogP contribution in [0.3, 0.4) is 0 Å². The van der Waals surface area contributed by atoms with Crippen LogP contribution in [0, 0.1) is 0 Å². The van der Waals surface area contributed by atoms with E-state index in [2.05, 4.69) is 37.7 Å². The third-order valence-corrected chi connectivity index (χ3v) is 7.45. The van der Waals surface area contributed by atoms with E-state index in [9.17, 15) is 0 Å². The summed E-state index contributed by atoms with van der Waals surface area (Å²) in [4.78, 5) is 1.37. The molecule has 7 heteroatoms. The lowest BCUT2D eigenvalue weighted by molar-refractivity contribution is -0.116. The average molecular weight is 424 g/mol. The van der Waals surface area contributed by atoms with E-state index >= 15 is 0 Å². The summed E-state index contributed by atoms with van der Waals surface area (Å²) in [6.45, 7) is 0.359.